The second-order valence-corrected chi connectivity index (χ2v) is 8.06. The van der Waals surface area contributed by atoms with Crippen molar-refractivity contribution in [2.75, 3.05) is 7.05 Å². The van der Waals surface area contributed by atoms with Crippen molar-refractivity contribution in [3.63, 3.8) is 0 Å². The van der Waals surface area contributed by atoms with Crippen molar-refractivity contribution < 1.29 is 4.42 Å². The van der Waals surface area contributed by atoms with Crippen LogP contribution in [0, 0.1) is 0 Å². The third-order valence-corrected chi connectivity index (χ3v) is 5.80. The number of benzene rings is 2. The van der Waals surface area contributed by atoms with Crippen LogP contribution in [0.5, 0.6) is 0 Å². The molecule has 0 amide bonds. The highest BCUT2D eigenvalue weighted by atomic mass is 16.3. The minimum atomic E-state index is 0.138. The molecule has 0 aliphatic carbocycles. The summed E-state index contributed by atoms with van der Waals surface area (Å²) in [6.07, 6.45) is 5.50. The third-order valence-electron chi connectivity index (χ3n) is 5.80. The predicted molar refractivity (Wildman–Crippen MR) is 125 cm³/mol. The Morgan fingerprint density at radius 3 is 2.62 bits per heavy atom. The summed E-state index contributed by atoms with van der Waals surface area (Å²) in [6, 6.07) is 22.6. The first-order valence-corrected chi connectivity index (χ1v) is 10.7. The van der Waals surface area contributed by atoms with E-state index >= 15 is 0 Å². The SMILES string of the molecule is CC(c1ccncn1)N(C)Cc1cn(Cc2ccccc2)nc1-c1cc2ccccc2o1. The molecule has 3 aromatic heterocycles. The second kappa shape index (κ2) is 8.77. The Kier molecular flexibility index (Phi) is 5.52. The molecule has 5 aromatic rings. The number of rotatable bonds is 7. The Balaban J connectivity index is 1.49. The van der Waals surface area contributed by atoms with Crippen molar-refractivity contribution in [2.45, 2.75) is 26.1 Å². The molecule has 0 saturated carbocycles. The van der Waals surface area contributed by atoms with Gasteiger partial charge in [0.15, 0.2) is 5.76 Å². The maximum Gasteiger partial charge on any atom is 0.156 e. The van der Waals surface area contributed by atoms with Crippen LogP contribution in [-0.2, 0) is 13.1 Å². The molecule has 0 spiro atoms. The van der Waals surface area contributed by atoms with E-state index in [1.165, 1.54) is 5.56 Å². The van der Waals surface area contributed by atoms with E-state index in [9.17, 15) is 0 Å². The molecule has 6 nitrogen and oxygen atoms in total. The Hall–Kier alpha value is -3.77. The van der Waals surface area contributed by atoms with Gasteiger partial charge in [0, 0.05) is 35.9 Å². The van der Waals surface area contributed by atoms with Gasteiger partial charge in [0.05, 0.1) is 12.2 Å². The van der Waals surface area contributed by atoms with Crippen LogP contribution in [0.3, 0.4) is 0 Å². The van der Waals surface area contributed by atoms with E-state index in [4.69, 9.17) is 9.52 Å². The monoisotopic (exact) mass is 423 g/mol. The normalized spacial score (nSPS) is 12.5. The smallest absolute Gasteiger partial charge is 0.156 e. The number of hydrogen-bond donors (Lipinski definition) is 0. The lowest BCUT2D eigenvalue weighted by Gasteiger charge is -2.23. The molecule has 0 N–H and O–H groups in total. The van der Waals surface area contributed by atoms with Gasteiger partial charge in [-0.2, -0.15) is 5.10 Å². The van der Waals surface area contributed by atoms with Crippen LogP contribution in [0.25, 0.3) is 22.4 Å². The van der Waals surface area contributed by atoms with Gasteiger partial charge in [-0.15, -0.1) is 0 Å². The van der Waals surface area contributed by atoms with Gasteiger partial charge in [0.1, 0.15) is 17.6 Å². The lowest BCUT2D eigenvalue weighted by molar-refractivity contribution is 0.248. The van der Waals surface area contributed by atoms with E-state index < -0.39 is 0 Å². The van der Waals surface area contributed by atoms with Gasteiger partial charge in [-0.05, 0) is 37.7 Å². The minimum Gasteiger partial charge on any atom is -0.454 e. The largest absolute Gasteiger partial charge is 0.454 e. The topological polar surface area (TPSA) is 60.0 Å². The molecule has 1 atom stereocenters. The second-order valence-electron chi connectivity index (χ2n) is 8.06. The summed E-state index contributed by atoms with van der Waals surface area (Å²) in [5.41, 5.74) is 5.06. The van der Waals surface area contributed by atoms with Crippen LogP contribution in [0.15, 0.2) is 89.9 Å². The Bertz CT molecular complexity index is 1280. The van der Waals surface area contributed by atoms with Crippen molar-refractivity contribution in [3.05, 3.63) is 102 Å². The minimum absolute atomic E-state index is 0.138. The average Bonchev–Trinajstić information content (AvgIpc) is 3.43. The van der Waals surface area contributed by atoms with Gasteiger partial charge < -0.3 is 4.42 Å². The van der Waals surface area contributed by atoms with Gasteiger partial charge in [-0.25, -0.2) is 9.97 Å². The summed E-state index contributed by atoms with van der Waals surface area (Å²) in [6.45, 7) is 3.57. The summed E-state index contributed by atoms with van der Waals surface area (Å²) in [4.78, 5) is 10.7. The highest BCUT2D eigenvalue weighted by Crippen LogP contribution is 2.31. The molecular formula is C26H25N5O. The highest BCUT2D eigenvalue weighted by Gasteiger charge is 2.20. The molecule has 32 heavy (non-hydrogen) atoms. The zero-order valence-corrected chi connectivity index (χ0v) is 18.2. The first kappa shape index (κ1) is 20.2. The fraction of sp³-hybridized carbons (Fsp3) is 0.192. The van der Waals surface area contributed by atoms with Crippen LogP contribution in [0.2, 0.25) is 0 Å². The Labute approximate surface area is 187 Å². The van der Waals surface area contributed by atoms with Gasteiger partial charge in [0.2, 0.25) is 0 Å². The maximum atomic E-state index is 6.17. The van der Waals surface area contributed by atoms with Crippen LogP contribution >= 0.6 is 0 Å². The number of para-hydroxylation sites is 1. The van der Waals surface area contributed by atoms with E-state index in [1.807, 2.05) is 35.0 Å². The lowest BCUT2D eigenvalue weighted by Crippen LogP contribution is -2.22. The number of furan rings is 1. The van der Waals surface area contributed by atoms with E-state index in [2.05, 4.69) is 71.4 Å². The van der Waals surface area contributed by atoms with Crippen LogP contribution < -0.4 is 0 Å². The lowest BCUT2D eigenvalue weighted by atomic mass is 10.1. The van der Waals surface area contributed by atoms with Crippen molar-refractivity contribution >= 4 is 11.0 Å². The predicted octanol–water partition coefficient (Wildman–Crippen LogP) is 5.33. The molecule has 3 heterocycles. The zero-order valence-electron chi connectivity index (χ0n) is 18.2. The van der Waals surface area contributed by atoms with E-state index in [1.54, 1.807) is 12.5 Å². The Morgan fingerprint density at radius 2 is 1.84 bits per heavy atom. The molecular weight excluding hydrogens is 398 g/mol. The molecule has 5 rings (SSSR count). The summed E-state index contributed by atoms with van der Waals surface area (Å²) < 4.78 is 8.17. The molecule has 0 radical (unpaired) electrons. The highest BCUT2D eigenvalue weighted by molar-refractivity contribution is 5.82. The number of hydrogen-bond acceptors (Lipinski definition) is 5. The molecule has 0 aliphatic rings. The molecule has 0 bridgehead atoms. The van der Waals surface area contributed by atoms with Gasteiger partial charge in [-0.1, -0.05) is 48.5 Å². The van der Waals surface area contributed by atoms with Crippen LogP contribution in [0.1, 0.15) is 29.8 Å². The summed E-state index contributed by atoms with van der Waals surface area (Å²) in [5.74, 6) is 0.788. The van der Waals surface area contributed by atoms with Crippen molar-refractivity contribution in [1.29, 1.82) is 0 Å². The van der Waals surface area contributed by atoms with E-state index in [-0.39, 0.29) is 6.04 Å². The fourth-order valence-corrected chi connectivity index (χ4v) is 3.92. The third kappa shape index (κ3) is 4.18. The van der Waals surface area contributed by atoms with Crippen LogP contribution in [0.4, 0.5) is 0 Å². The van der Waals surface area contributed by atoms with E-state index in [0.29, 0.717) is 13.1 Å². The molecule has 1 unspecified atom stereocenters. The molecule has 0 saturated heterocycles. The first-order chi connectivity index (χ1) is 15.7. The summed E-state index contributed by atoms with van der Waals surface area (Å²) in [5, 5.41) is 6.00. The maximum absolute atomic E-state index is 6.17. The molecule has 160 valence electrons. The Morgan fingerprint density at radius 1 is 1.03 bits per heavy atom. The molecule has 2 aromatic carbocycles. The van der Waals surface area contributed by atoms with Gasteiger partial charge in [-0.3, -0.25) is 9.58 Å². The number of aromatic nitrogens is 4. The molecule has 6 heteroatoms. The summed E-state index contributed by atoms with van der Waals surface area (Å²) in [7, 11) is 2.10. The van der Waals surface area contributed by atoms with Crippen molar-refractivity contribution in [1.82, 2.24) is 24.6 Å². The quantitative estimate of drug-likeness (QED) is 0.354. The van der Waals surface area contributed by atoms with Crippen molar-refractivity contribution in [2.24, 2.45) is 0 Å². The van der Waals surface area contributed by atoms with Crippen LogP contribution in [-0.4, -0.2) is 31.7 Å². The fourth-order valence-electron chi connectivity index (χ4n) is 3.92. The van der Waals surface area contributed by atoms with E-state index in [0.717, 1.165) is 33.7 Å². The first-order valence-electron chi connectivity index (χ1n) is 10.7. The zero-order chi connectivity index (χ0) is 21.9. The molecule has 0 fully saturated rings. The summed E-state index contributed by atoms with van der Waals surface area (Å²) >= 11 is 0. The number of fused-ring (bicyclic) bond motifs is 1. The van der Waals surface area contributed by atoms with Gasteiger partial charge >= 0.3 is 0 Å². The van der Waals surface area contributed by atoms with Gasteiger partial charge in [0.25, 0.3) is 0 Å². The number of nitrogens with zero attached hydrogens (tertiary/aromatic N) is 5. The standard InChI is InChI=1S/C26H25N5O/c1-19(23-12-13-27-18-28-23)30(2)16-22-17-31(15-20-8-4-3-5-9-20)29-26(22)25-14-21-10-6-7-11-24(21)32-25/h3-14,17-19H,15-16H2,1-2H3. The average molecular weight is 424 g/mol. The molecule has 0 aliphatic heterocycles. The van der Waals surface area contributed by atoms with Crippen molar-refractivity contribution in [3.8, 4) is 11.5 Å².